The largest absolute Gasteiger partial charge is 0.350 e. The van der Waals surface area contributed by atoms with E-state index in [9.17, 15) is 14.0 Å². The molecule has 2 amide bonds. The van der Waals surface area contributed by atoms with Crippen molar-refractivity contribution in [2.24, 2.45) is 0 Å². The van der Waals surface area contributed by atoms with Crippen LogP contribution < -0.4 is 10.6 Å². The fraction of sp³-hybridized carbons (Fsp3) is 0.474. The third-order valence-electron chi connectivity index (χ3n) is 4.76. The van der Waals surface area contributed by atoms with Crippen molar-refractivity contribution in [3.05, 3.63) is 40.1 Å². The van der Waals surface area contributed by atoms with E-state index < -0.39 is 5.91 Å². The van der Waals surface area contributed by atoms with Gasteiger partial charge in [-0.05, 0) is 43.8 Å². The van der Waals surface area contributed by atoms with E-state index in [1.54, 1.807) is 0 Å². The summed E-state index contributed by atoms with van der Waals surface area (Å²) in [6, 6.07) is 5.39. The molecule has 1 saturated heterocycles. The molecule has 1 aliphatic rings. The molecular formula is C19H25FN6O2S. The van der Waals surface area contributed by atoms with Crippen LogP contribution in [-0.2, 0) is 0 Å². The Morgan fingerprint density at radius 3 is 2.31 bits per heavy atom. The average Bonchev–Trinajstić information content (AvgIpc) is 3.24. The molecule has 1 aromatic heterocycles. The summed E-state index contributed by atoms with van der Waals surface area (Å²) in [6.07, 6.45) is 0.856. The molecule has 2 N–H and O–H groups in total. The molecular weight excluding hydrogens is 395 g/mol. The summed E-state index contributed by atoms with van der Waals surface area (Å²) in [4.78, 5) is 29.2. The molecule has 2 heterocycles. The van der Waals surface area contributed by atoms with Crippen LogP contribution in [0.5, 0.6) is 0 Å². The Kier molecular flexibility index (Phi) is 7.62. The third-order valence-corrected chi connectivity index (χ3v) is 5.69. The molecule has 0 atom stereocenters. The number of piperazine rings is 1. The molecule has 8 nitrogen and oxygen atoms in total. The zero-order valence-corrected chi connectivity index (χ0v) is 17.2. The molecule has 0 aliphatic carbocycles. The summed E-state index contributed by atoms with van der Waals surface area (Å²) in [5.41, 5.74) is 0.442. The maximum Gasteiger partial charge on any atom is 0.286 e. The lowest BCUT2D eigenvalue weighted by Gasteiger charge is -2.33. The molecule has 0 saturated carbocycles. The number of amides is 2. The Morgan fingerprint density at radius 2 is 1.66 bits per heavy atom. The third kappa shape index (κ3) is 6.28. The van der Waals surface area contributed by atoms with Crippen molar-refractivity contribution in [3.8, 4) is 0 Å². The van der Waals surface area contributed by atoms with Gasteiger partial charge in [0.15, 0.2) is 0 Å². The molecule has 0 unspecified atom stereocenters. The smallest absolute Gasteiger partial charge is 0.286 e. The number of halogens is 1. The number of nitrogens with zero attached hydrogens (tertiary/aromatic N) is 4. The summed E-state index contributed by atoms with van der Waals surface area (Å²) in [6.45, 7) is 9.07. The molecule has 0 radical (unpaired) electrons. The topological polar surface area (TPSA) is 90.5 Å². The summed E-state index contributed by atoms with van der Waals surface area (Å²) in [7, 11) is 0. The summed E-state index contributed by atoms with van der Waals surface area (Å²) >= 11 is 0.924. The Hall–Kier alpha value is -2.43. The number of hydrogen-bond acceptors (Lipinski definition) is 7. The van der Waals surface area contributed by atoms with E-state index >= 15 is 0 Å². The van der Waals surface area contributed by atoms with Crippen LogP contribution in [0.3, 0.4) is 0 Å². The van der Waals surface area contributed by atoms with E-state index in [2.05, 4.69) is 37.6 Å². The van der Waals surface area contributed by atoms with Gasteiger partial charge in [-0.2, -0.15) is 0 Å². The lowest BCUT2D eigenvalue weighted by Crippen LogP contribution is -2.46. The Bertz CT molecular complexity index is 820. The lowest BCUT2D eigenvalue weighted by molar-refractivity contribution is 0.0946. The van der Waals surface area contributed by atoms with Crippen molar-refractivity contribution >= 4 is 28.8 Å². The number of anilines is 1. The minimum absolute atomic E-state index is 0.0771. The molecule has 29 heavy (non-hydrogen) atoms. The second kappa shape index (κ2) is 10.4. The number of carbonyl (C=O) groups excluding carboxylic acids is 2. The van der Waals surface area contributed by atoms with Gasteiger partial charge in [-0.3, -0.25) is 9.59 Å². The molecule has 3 rings (SSSR count). The van der Waals surface area contributed by atoms with Gasteiger partial charge in [0.1, 0.15) is 5.82 Å². The molecule has 2 aromatic rings. The van der Waals surface area contributed by atoms with Crippen LogP contribution in [-0.4, -0.2) is 77.6 Å². The van der Waals surface area contributed by atoms with Gasteiger partial charge < -0.3 is 20.4 Å². The van der Waals surface area contributed by atoms with Gasteiger partial charge in [0.05, 0.1) is 0 Å². The quantitative estimate of drug-likeness (QED) is 0.632. The van der Waals surface area contributed by atoms with E-state index in [0.717, 1.165) is 57.0 Å². The summed E-state index contributed by atoms with van der Waals surface area (Å²) in [5, 5.41) is 13.2. The van der Waals surface area contributed by atoms with E-state index in [0.29, 0.717) is 12.2 Å². The highest BCUT2D eigenvalue weighted by Crippen LogP contribution is 2.14. The monoisotopic (exact) mass is 420 g/mol. The SMILES string of the molecule is CCN1CCN(CCCNC(=O)c2nnc(C(=O)Nc3ccc(F)cc3)s2)CC1. The number of rotatable bonds is 8. The normalized spacial score (nSPS) is 15.2. The second-order valence-electron chi connectivity index (χ2n) is 6.76. The minimum Gasteiger partial charge on any atom is -0.350 e. The Morgan fingerprint density at radius 1 is 1.03 bits per heavy atom. The van der Waals surface area contributed by atoms with Crippen molar-refractivity contribution in [3.63, 3.8) is 0 Å². The van der Waals surface area contributed by atoms with Crippen molar-refractivity contribution in [2.75, 3.05) is 51.1 Å². The van der Waals surface area contributed by atoms with Gasteiger partial charge >= 0.3 is 0 Å². The highest BCUT2D eigenvalue weighted by molar-refractivity contribution is 7.15. The molecule has 156 valence electrons. The van der Waals surface area contributed by atoms with Gasteiger partial charge in [-0.25, -0.2) is 4.39 Å². The van der Waals surface area contributed by atoms with Gasteiger partial charge in [0, 0.05) is 38.4 Å². The number of likely N-dealkylation sites (N-methyl/N-ethyl adjacent to an activating group) is 1. The van der Waals surface area contributed by atoms with E-state index in [1.165, 1.54) is 24.3 Å². The minimum atomic E-state index is -0.487. The van der Waals surface area contributed by atoms with Crippen molar-refractivity contribution in [2.45, 2.75) is 13.3 Å². The highest BCUT2D eigenvalue weighted by atomic mass is 32.1. The van der Waals surface area contributed by atoms with Crippen LogP contribution in [0.2, 0.25) is 0 Å². The summed E-state index contributed by atoms with van der Waals surface area (Å²) < 4.78 is 12.9. The van der Waals surface area contributed by atoms with Gasteiger partial charge in [0.25, 0.3) is 11.8 Å². The first-order chi connectivity index (χ1) is 14.0. The zero-order valence-electron chi connectivity index (χ0n) is 16.4. The van der Waals surface area contributed by atoms with Gasteiger partial charge in [-0.15, -0.1) is 10.2 Å². The predicted molar refractivity (Wildman–Crippen MR) is 110 cm³/mol. The fourth-order valence-electron chi connectivity index (χ4n) is 3.03. The van der Waals surface area contributed by atoms with E-state index in [1.807, 2.05) is 0 Å². The lowest BCUT2D eigenvalue weighted by atomic mass is 10.3. The maximum atomic E-state index is 12.9. The highest BCUT2D eigenvalue weighted by Gasteiger charge is 2.18. The van der Waals surface area contributed by atoms with Crippen LogP contribution in [0, 0.1) is 5.82 Å². The first-order valence-electron chi connectivity index (χ1n) is 9.68. The number of hydrogen-bond donors (Lipinski definition) is 2. The van der Waals surface area contributed by atoms with E-state index in [-0.39, 0.29) is 21.7 Å². The number of aromatic nitrogens is 2. The van der Waals surface area contributed by atoms with Crippen LogP contribution in [0.1, 0.15) is 32.9 Å². The fourth-order valence-corrected chi connectivity index (χ4v) is 3.69. The van der Waals surface area contributed by atoms with Crippen LogP contribution in [0.25, 0.3) is 0 Å². The van der Waals surface area contributed by atoms with Crippen LogP contribution in [0.15, 0.2) is 24.3 Å². The molecule has 1 fully saturated rings. The average molecular weight is 421 g/mol. The van der Waals surface area contributed by atoms with Crippen molar-refractivity contribution < 1.29 is 14.0 Å². The van der Waals surface area contributed by atoms with E-state index in [4.69, 9.17) is 0 Å². The molecule has 10 heteroatoms. The Balaban J connectivity index is 1.39. The van der Waals surface area contributed by atoms with Crippen LogP contribution in [0.4, 0.5) is 10.1 Å². The van der Waals surface area contributed by atoms with Crippen molar-refractivity contribution in [1.82, 2.24) is 25.3 Å². The zero-order chi connectivity index (χ0) is 20.6. The second-order valence-corrected chi connectivity index (χ2v) is 7.74. The van der Waals surface area contributed by atoms with Crippen LogP contribution >= 0.6 is 11.3 Å². The standard InChI is InChI=1S/C19H25FN6O2S/c1-2-25-10-12-26(13-11-25)9-3-8-21-16(27)18-23-24-19(29-18)17(28)22-15-6-4-14(20)5-7-15/h4-7H,2-3,8-13H2,1H3,(H,21,27)(H,22,28). The molecule has 1 aliphatic heterocycles. The summed E-state index contributed by atoms with van der Waals surface area (Å²) in [5.74, 6) is -1.21. The first-order valence-corrected chi connectivity index (χ1v) is 10.5. The number of benzene rings is 1. The molecule has 1 aromatic carbocycles. The maximum absolute atomic E-state index is 12.9. The Labute approximate surface area is 173 Å². The predicted octanol–water partition coefficient (Wildman–Crippen LogP) is 1.69. The van der Waals surface area contributed by atoms with Crippen molar-refractivity contribution in [1.29, 1.82) is 0 Å². The van der Waals surface area contributed by atoms with Gasteiger partial charge in [0.2, 0.25) is 10.0 Å². The first kappa shape index (κ1) is 21.3. The molecule has 0 bridgehead atoms. The van der Waals surface area contributed by atoms with Gasteiger partial charge in [-0.1, -0.05) is 18.3 Å². The molecule has 0 spiro atoms. The number of carbonyl (C=O) groups is 2. The number of nitrogens with one attached hydrogen (secondary N) is 2.